The molecular formula is C15H23Br. The predicted octanol–water partition coefficient (Wildman–Crippen LogP) is 5.05. The first-order valence-electron chi connectivity index (χ1n) is 6.24. The summed E-state index contributed by atoms with van der Waals surface area (Å²) < 4.78 is 0. The molecule has 0 heterocycles. The van der Waals surface area contributed by atoms with E-state index in [9.17, 15) is 0 Å². The number of rotatable bonds is 5. The molecule has 0 spiro atoms. The molecule has 0 aliphatic carbocycles. The van der Waals surface area contributed by atoms with Crippen LogP contribution in [0.4, 0.5) is 0 Å². The molecule has 0 saturated carbocycles. The summed E-state index contributed by atoms with van der Waals surface area (Å²) in [5.74, 6) is 0.756. The van der Waals surface area contributed by atoms with Crippen molar-refractivity contribution in [1.82, 2.24) is 0 Å². The zero-order valence-electron chi connectivity index (χ0n) is 10.9. The van der Waals surface area contributed by atoms with Gasteiger partial charge >= 0.3 is 0 Å². The highest BCUT2D eigenvalue weighted by Gasteiger charge is 2.13. The lowest BCUT2D eigenvalue weighted by molar-refractivity contribution is 0.505. The summed E-state index contributed by atoms with van der Waals surface area (Å²) in [6, 6.07) is 6.81. The number of aryl methyl sites for hydroxylation is 2. The molecule has 2 unspecified atom stereocenters. The molecule has 0 aliphatic rings. The van der Waals surface area contributed by atoms with E-state index in [0.29, 0.717) is 4.83 Å². The van der Waals surface area contributed by atoms with Crippen molar-refractivity contribution in [3.63, 3.8) is 0 Å². The molecule has 1 aromatic carbocycles. The lowest BCUT2D eigenvalue weighted by Crippen LogP contribution is -2.13. The van der Waals surface area contributed by atoms with Crippen molar-refractivity contribution in [2.75, 3.05) is 0 Å². The molecule has 90 valence electrons. The second-order valence-electron chi connectivity index (χ2n) is 4.90. The van der Waals surface area contributed by atoms with Crippen LogP contribution in [0.1, 0.15) is 43.4 Å². The Morgan fingerprint density at radius 1 is 1.19 bits per heavy atom. The highest BCUT2D eigenvalue weighted by Crippen LogP contribution is 2.23. The topological polar surface area (TPSA) is 0 Å². The van der Waals surface area contributed by atoms with Gasteiger partial charge in [-0.05, 0) is 49.3 Å². The Morgan fingerprint density at radius 2 is 1.88 bits per heavy atom. The van der Waals surface area contributed by atoms with Crippen molar-refractivity contribution in [3.05, 3.63) is 34.9 Å². The largest absolute Gasteiger partial charge is 0.0884 e. The average Bonchev–Trinajstić information content (AvgIpc) is 2.24. The second kappa shape index (κ2) is 6.44. The smallest absolute Gasteiger partial charge is 0.0211 e. The van der Waals surface area contributed by atoms with Crippen LogP contribution in [0.5, 0.6) is 0 Å². The van der Waals surface area contributed by atoms with Crippen LogP contribution in [0.3, 0.4) is 0 Å². The molecule has 0 N–H and O–H groups in total. The van der Waals surface area contributed by atoms with Crippen LogP contribution in [0.25, 0.3) is 0 Å². The van der Waals surface area contributed by atoms with Gasteiger partial charge in [0.25, 0.3) is 0 Å². The molecule has 0 nitrogen and oxygen atoms in total. The van der Waals surface area contributed by atoms with Gasteiger partial charge < -0.3 is 0 Å². The lowest BCUT2D eigenvalue weighted by atomic mass is 9.95. The van der Waals surface area contributed by atoms with Gasteiger partial charge in [0.1, 0.15) is 0 Å². The van der Waals surface area contributed by atoms with E-state index in [0.717, 1.165) is 12.3 Å². The Morgan fingerprint density at radius 3 is 2.44 bits per heavy atom. The number of halogens is 1. The minimum Gasteiger partial charge on any atom is -0.0884 e. The summed E-state index contributed by atoms with van der Waals surface area (Å²) in [7, 11) is 0. The van der Waals surface area contributed by atoms with Gasteiger partial charge in [-0.3, -0.25) is 0 Å². The molecule has 0 aromatic heterocycles. The van der Waals surface area contributed by atoms with E-state index in [1.807, 2.05) is 0 Å². The Labute approximate surface area is 109 Å². The molecule has 0 fully saturated rings. The maximum atomic E-state index is 3.82. The van der Waals surface area contributed by atoms with Gasteiger partial charge in [0.05, 0.1) is 0 Å². The summed E-state index contributed by atoms with van der Waals surface area (Å²) in [5.41, 5.74) is 4.24. The van der Waals surface area contributed by atoms with Crippen molar-refractivity contribution in [1.29, 1.82) is 0 Å². The third kappa shape index (κ3) is 3.93. The average molecular weight is 283 g/mol. The summed E-state index contributed by atoms with van der Waals surface area (Å²) >= 11 is 3.82. The molecule has 0 saturated heterocycles. The number of benzene rings is 1. The Balaban J connectivity index is 2.62. The third-order valence-electron chi connectivity index (χ3n) is 3.36. The molecule has 1 heteroatoms. The monoisotopic (exact) mass is 282 g/mol. The van der Waals surface area contributed by atoms with Crippen LogP contribution in [0, 0.1) is 19.8 Å². The fourth-order valence-corrected chi connectivity index (χ4v) is 2.63. The number of hydrogen-bond acceptors (Lipinski definition) is 0. The molecule has 0 bridgehead atoms. The first-order chi connectivity index (χ1) is 7.54. The summed E-state index contributed by atoms with van der Waals surface area (Å²) in [5, 5.41) is 0. The second-order valence-corrected chi connectivity index (χ2v) is 6.08. The molecule has 2 atom stereocenters. The van der Waals surface area contributed by atoms with Crippen LogP contribution >= 0.6 is 15.9 Å². The highest BCUT2D eigenvalue weighted by atomic mass is 79.9. The van der Waals surface area contributed by atoms with Gasteiger partial charge in [-0.1, -0.05) is 54.4 Å². The SMILES string of the molecule is CCCC(C)C(Br)Cc1ccc(C)c(C)c1. The standard InChI is InChI=1S/C15H23Br/c1-5-6-12(3)15(16)10-14-8-7-11(2)13(4)9-14/h7-9,12,15H,5-6,10H2,1-4H3. The van der Waals surface area contributed by atoms with E-state index < -0.39 is 0 Å². The quantitative estimate of drug-likeness (QED) is 0.664. The zero-order valence-corrected chi connectivity index (χ0v) is 12.5. The summed E-state index contributed by atoms with van der Waals surface area (Å²) in [4.78, 5) is 0.606. The van der Waals surface area contributed by atoms with Crippen molar-refractivity contribution >= 4 is 15.9 Å². The van der Waals surface area contributed by atoms with E-state index in [-0.39, 0.29) is 0 Å². The minimum absolute atomic E-state index is 0.606. The Bertz CT molecular complexity index is 330. The third-order valence-corrected chi connectivity index (χ3v) is 4.59. The highest BCUT2D eigenvalue weighted by molar-refractivity contribution is 9.09. The minimum atomic E-state index is 0.606. The number of alkyl halides is 1. The Hall–Kier alpha value is -0.300. The van der Waals surface area contributed by atoms with Crippen LogP contribution in [-0.4, -0.2) is 4.83 Å². The van der Waals surface area contributed by atoms with Crippen molar-refractivity contribution in [2.24, 2.45) is 5.92 Å². The number of hydrogen-bond donors (Lipinski definition) is 0. The van der Waals surface area contributed by atoms with E-state index >= 15 is 0 Å². The van der Waals surface area contributed by atoms with E-state index in [4.69, 9.17) is 0 Å². The molecule has 0 amide bonds. The van der Waals surface area contributed by atoms with Gasteiger partial charge in [0, 0.05) is 4.83 Å². The van der Waals surface area contributed by atoms with Crippen LogP contribution < -0.4 is 0 Å². The van der Waals surface area contributed by atoms with Gasteiger partial charge in [-0.15, -0.1) is 0 Å². The summed E-state index contributed by atoms with van der Waals surface area (Å²) in [6.45, 7) is 8.96. The zero-order chi connectivity index (χ0) is 12.1. The van der Waals surface area contributed by atoms with E-state index in [1.54, 1.807) is 0 Å². The van der Waals surface area contributed by atoms with Crippen LogP contribution in [0.2, 0.25) is 0 Å². The van der Waals surface area contributed by atoms with Gasteiger partial charge in [0.2, 0.25) is 0 Å². The van der Waals surface area contributed by atoms with Crippen LogP contribution in [0.15, 0.2) is 18.2 Å². The fourth-order valence-electron chi connectivity index (χ4n) is 1.99. The van der Waals surface area contributed by atoms with E-state index in [2.05, 4.69) is 61.8 Å². The van der Waals surface area contributed by atoms with Crippen molar-refractivity contribution in [2.45, 2.75) is 51.8 Å². The molecule has 0 aliphatic heterocycles. The van der Waals surface area contributed by atoms with Gasteiger partial charge in [0.15, 0.2) is 0 Å². The maximum absolute atomic E-state index is 3.82. The predicted molar refractivity (Wildman–Crippen MR) is 76.4 cm³/mol. The van der Waals surface area contributed by atoms with Crippen molar-refractivity contribution in [3.8, 4) is 0 Å². The summed E-state index contributed by atoms with van der Waals surface area (Å²) in [6.07, 6.45) is 3.72. The first-order valence-corrected chi connectivity index (χ1v) is 7.16. The van der Waals surface area contributed by atoms with Gasteiger partial charge in [-0.2, -0.15) is 0 Å². The normalized spacial score (nSPS) is 14.8. The van der Waals surface area contributed by atoms with Crippen molar-refractivity contribution < 1.29 is 0 Å². The Kier molecular flexibility index (Phi) is 5.54. The lowest BCUT2D eigenvalue weighted by Gasteiger charge is -2.18. The maximum Gasteiger partial charge on any atom is 0.0211 e. The molecule has 1 aromatic rings. The van der Waals surface area contributed by atoms with Gasteiger partial charge in [-0.25, -0.2) is 0 Å². The molecular weight excluding hydrogens is 260 g/mol. The van der Waals surface area contributed by atoms with E-state index in [1.165, 1.54) is 29.5 Å². The molecule has 0 radical (unpaired) electrons. The fraction of sp³-hybridized carbons (Fsp3) is 0.600. The first kappa shape index (κ1) is 13.8. The molecule has 1 rings (SSSR count). The molecule has 16 heavy (non-hydrogen) atoms. The van der Waals surface area contributed by atoms with Crippen LogP contribution in [-0.2, 0) is 6.42 Å².